The van der Waals surface area contributed by atoms with Gasteiger partial charge in [0.15, 0.2) is 5.69 Å². The number of nitrogens with zero attached hydrogens (tertiary/aromatic N) is 2. The van der Waals surface area contributed by atoms with Gasteiger partial charge in [0.2, 0.25) is 5.88 Å². The summed E-state index contributed by atoms with van der Waals surface area (Å²) < 4.78 is 7.93. The first-order valence-corrected chi connectivity index (χ1v) is 9.98. The molecule has 0 aliphatic heterocycles. The highest BCUT2D eigenvalue weighted by molar-refractivity contribution is 6.60. The van der Waals surface area contributed by atoms with Gasteiger partial charge in [0.05, 0.1) is 0 Å². The summed E-state index contributed by atoms with van der Waals surface area (Å²) >= 11 is 0. The smallest absolute Gasteiger partial charge is 0.270 e. The fourth-order valence-electron chi connectivity index (χ4n) is 3.51. The Labute approximate surface area is 164 Å². The third kappa shape index (κ3) is 5.95. The van der Waals surface area contributed by atoms with E-state index >= 15 is 0 Å². The van der Waals surface area contributed by atoms with Gasteiger partial charge in [-0.15, -0.1) is 0 Å². The predicted molar refractivity (Wildman–Crippen MR) is 115 cm³/mol. The minimum absolute atomic E-state index is 0.158. The summed E-state index contributed by atoms with van der Waals surface area (Å²) in [6.45, 7) is 1.28. The molecule has 0 spiro atoms. The van der Waals surface area contributed by atoms with Crippen LogP contribution < -0.4 is 10.1 Å². The molecule has 0 bridgehead atoms. The highest BCUT2D eigenvalue weighted by atomic mass is 16.5. The zero-order valence-electron chi connectivity index (χ0n) is 16.7. The Kier molecular flexibility index (Phi) is 6.35. The van der Waals surface area contributed by atoms with Crippen LogP contribution in [0.5, 0.6) is 5.88 Å². The van der Waals surface area contributed by atoms with Crippen LogP contribution in [0, 0.1) is 5.92 Å². The summed E-state index contributed by atoms with van der Waals surface area (Å²) in [6.07, 6.45) is 6.34. The highest BCUT2D eigenvalue weighted by Crippen LogP contribution is 2.27. The van der Waals surface area contributed by atoms with Crippen LogP contribution in [0.2, 0.25) is 0 Å². The van der Waals surface area contributed by atoms with E-state index in [1.165, 1.54) is 32.1 Å². The van der Waals surface area contributed by atoms with E-state index in [1.807, 2.05) is 58.6 Å². The summed E-state index contributed by atoms with van der Waals surface area (Å²) in [5.74, 6) is 1.12. The molecule has 0 saturated heterocycles. The minimum atomic E-state index is -0.296. The summed E-state index contributed by atoms with van der Waals surface area (Å²) in [6, 6.07) is 11.8. The number of amides is 1. The van der Waals surface area contributed by atoms with Crippen LogP contribution in [0.15, 0.2) is 36.4 Å². The number of carbonyl (C=O) groups excluding carboxylic acids is 1. The number of nitrogens with one attached hydrogen (secondary N) is 1. The SMILES string of the molecule is BC(B)(B)NC(=O)c1cc(OCc2ccccc2)n(CC2CCCCC2)n1. The third-order valence-corrected chi connectivity index (χ3v) is 4.85. The van der Waals surface area contributed by atoms with Crippen LogP contribution in [0.3, 0.4) is 0 Å². The third-order valence-electron chi connectivity index (χ3n) is 4.85. The maximum Gasteiger partial charge on any atom is 0.270 e. The molecule has 8 heteroatoms. The molecule has 5 nitrogen and oxygen atoms in total. The Morgan fingerprint density at radius 3 is 2.56 bits per heavy atom. The molecule has 27 heavy (non-hydrogen) atoms. The van der Waals surface area contributed by atoms with E-state index in [9.17, 15) is 4.79 Å². The van der Waals surface area contributed by atoms with E-state index in [0.29, 0.717) is 24.1 Å². The van der Waals surface area contributed by atoms with Crippen molar-refractivity contribution in [2.75, 3.05) is 0 Å². The molecule has 1 heterocycles. The van der Waals surface area contributed by atoms with Gasteiger partial charge < -0.3 is 10.1 Å². The van der Waals surface area contributed by atoms with Crippen molar-refractivity contribution in [1.82, 2.24) is 15.1 Å². The lowest BCUT2D eigenvalue weighted by molar-refractivity contribution is 0.0946. The maximum atomic E-state index is 12.5. The van der Waals surface area contributed by atoms with E-state index in [2.05, 4.69) is 10.4 Å². The molecule has 140 valence electrons. The number of carbonyl (C=O) groups is 1. The Balaban J connectivity index is 1.76. The van der Waals surface area contributed by atoms with E-state index in [0.717, 1.165) is 12.1 Å². The van der Waals surface area contributed by atoms with Gasteiger partial charge in [-0.25, -0.2) is 4.68 Å². The second-order valence-corrected chi connectivity index (χ2v) is 8.53. The quantitative estimate of drug-likeness (QED) is 0.720. The maximum absolute atomic E-state index is 12.5. The zero-order chi connectivity index (χ0) is 19.3. The van der Waals surface area contributed by atoms with Crippen molar-refractivity contribution >= 4 is 29.4 Å². The molecule has 1 aliphatic carbocycles. The van der Waals surface area contributed by atoms with Crippen molar-refractivity contribution in [1.29, 1.82) is 0 Å². The Hall–Kier alpha value is -2.11. The van der Waals surface area contributed by atoms with Crippen molar-refractivity contribution in [3.8, 4) is 5.88 Å². The van der Waals surface area contributed by atoms with Crippen molar-refractivity contribution in [3.63, 3.8) is 0 Å². The second kappa shape index (κ2) is 8.72. The molecule has 2 aromatic rings. The number of hydrogen-bond donors (Lipinski definition) is 1. The highest BCUT2D eigenvalue weighted by Gasteiger charge is 2.22. The molecule has 1 N–H and O–H groups in total. The van der Waals surface area contributed by atoms with Gasteiger partial charge in [0.1, 0.15) is 30.1 Å². The molecule has 1 aliphatic rings. The van der Waals surface area contributed by atoms with Gasteiger partial charge in [-0.2, -0.15) is 5.10 Å². The molecular weight excluding hydrogens is 335 g/mol. The normalized spacial score (nSPS) is 15.4. The lowest BCUT2D eigenvalue weighted by atomic mass is 9.49. The average Bonchev–Trinajstić information content (AvgIpc) is 3.03. The molecule has 1 aromatic heterocycles. The van der Waals surface area contributed by atoms with Crippen molar-refractivity contribution < 1.29 is 9.53 Å². The van der Waals surface area contributed by atoms with Crippen molar-refractivity contribution in [3.05, 3.63) is 47.7 Å². The van der Waals surface area contributed by atoms with Gasteiger partial charge in [-0.3, -0.25) is 4.79 Å². The standard InChI is InChI=1S/C19H28B3N3O2/c20-19(21,22)23-18(26)16-11-17(27-13-15-9-5-2-6-10-15)25(24-16)12-14-7-3-1-4-8-14/h2,5-6,9-11,14H,1,3-4,7-8,12-13,20-22H2,(H,23,26). The molecule has 1 amide bonds. The number of aromatic nitrogens is 2. The summed E-state index contributed by atoms with van der Waals surface area (Å²) in [7, 11) is 5.91. The molecule has 1 saturated carbocycles. The molecule has 0 atom stereocenters. The fourth-order valence-corrected chi connectivity index (χ4v) is 3.51. The van der Waals surface area contributed by atoms with Crippen LogP contribution in [-0.2, 0) is 13.2 Å². The van der Waals surface area contributed by atoms with Crippen LogP contribution in [0.1, 0.15) is 48.2 Å². The largest absolute Gasteiger partial charge is 0.473 e. The fraction of sp³-hybridized carbons (Fsp3) is 0.474. The lowest BCUT2D eigenvalue weighted by Gasteiger charge is -2.22. The first kappa shape index (κ1) is 19.7. The Morgan fingerprint density at radius 1 is 1.19 bits per heavy atom. The van der Waals surface area contributed by atoms with Gasteiger partial charge in [0, 0.05) is 12.6 Å². The molecule has 1 fully saturated rings. The monoisotopic (exact) mass is 363 g/mol. The molecule has 1 aromatic carbocycles. The second-order valence-electron chi connectivity index (χ2n) is 8.53. The van der Waals surface area contributed by atoms with E-state index < -0.39 is 0 Å². The summed E-state index contributed by atoms with van der Waals surface area (Å²) in [4.78, 5) is 12.5. The topological polar surface area (TPSA) is 56.1 Å². The Morgan fingerprint density at radius 2 is 1.89 bits per heavy atom. The summed E-state index contributed by atoms with van der Waals surface area (Å²) in [5.41, 5.74) is 1.52. The van der Waals surface area contributed by atoms with Crippen LogP contribution in [0.25, 0.3) is 0 Å². The van der Waals surface area contributed by atoms with Crippen LogP contribution in [0.4, 0.5) is 0 Å². The van der Waals surface area contributed by atoms with Crippen LogP contribution >= 0.6 is 0 Å². The van der Waals surface area contributed by atoms with E-state index in [-0.39, 0.29) is 11.1 Å². The van der Waals surface area contributed by atoms with Crippen molar-refractivity contribution in [2.24, 2.45) is 5.92 Å². The van der Waals surface area contributed by atoms with Gasteiger partial charge in [-0.1, -0.05) is 49.6 Å². The number of benzene rings is 1. The van der Waals surface area contributed by atoms with Crippen LogP contribution in [-0.4, -0.2) is 44.5 Å². The van der Waals surface area contributed by atoms with Gasteiger partial charge in [0.25, 0.3) is 5.91 Å². The van der Waals surface area contributed by atoms with Gasteiger partial charge in [-0.05, 0) is 29.6 Å². The molecule has 3 rings (SSSR count). The number of hydrogen-bond acceptors (Lipinski definition) is 3. The minimum Gasteiger partial charge on any atom is -0.473 e. The first-order valence-electron chi connectivity index (χ1n) is 9.98. The number of ether oxygens (including phenoxy) is 1. The lowest BCUT2D eigenvalue weighted by Crippen LogP contribution is -2.50. The molecule has 0 unspecified atom stereocenters. The van der Waals surface area contributed by atoms with Crippen molar-refractivity contribution in [2.45, 2.75) is 50.5 Å². The molecular formula is C19H28B3N3O2. The van der Waals surface area contributed by atoms with Gasteiger partial charge >= 0.3 is 0 Å². The Bertz CT molecular complexity index is 753. The summed E-state index contributed by atoms with van der Waals surface area (Å²) in [5, 5.41) is 7.27. The first-order chi connectivity index (χ1) is 12.9. The zero-order valence-corrected chi connectivity index (χ0v) is 16.7. The predicted octanol–water partition coefficient (Wildman–Crippen LogP) is 0.283. The number of rotatable bonds is 7. The molecule has 0 radical (unpaired) electrons. The van der Waals surface area contributed by atoms with E-state index in [4.69, 9.17) is 4.74 Å². The average molecular weight is 363 g/mol. The van der Waals surface area contributed by atoms with E-state index in [1.54, 1.807) is 6.07 Å².